The maximum Gasteiger partial charge on any atom is 0.329 e. The Balaban J connectivity index is 1.60. The van der Waals surface area contributed by atoms with Gasteiger partial charge in [0.05, 0.1) is 13.7 Å². The third kappa shape index (κ3) is 5.41. The maximum atomic E-state index is 14.0. The van der Waals surface area contributed by atoms with Gasteiger partial charge in [-0.05, 0) is 41.8 Å². The molecule has 3 aromatic carbocycles. The van der Waals surface area contributed by atoms with E-state index in [9.17, 15) is 14.0 Å². The fraction of sp³-hybridized carbons (Fsp3) is 0.143. The van der Waals surface area contributed by atoms with E-state index in [1.54, 1.807) is 30.4 Å². The average molecular weight is 473 g/mol. The second-order valence-corrected chi connectivity index (χ2v) is 7.95. The zero-order chi connectivity index (χ0) is 24.8. The van der Waals surface area contributed by atoms with Crippen molar-refractivity contribution in [2.45, 2.75) is 19.6 Å². The van der Waals surface area contributed by atoms with E-state index in [0.29, 0.717) is 30.1 Å². The molecule has 3 aromatic rings. The van der Waals surface area contributed by atoms with Crippen LogP contribution in [0.4, 0.5) is 9.18 Å². The largest absolute Gasteiger partial charge is 0.493 e. The summed E-state index contributed by atoms with van der Waals surface area (Å²) in [5, 5.41) is 2.58. The van der Waals surface area contributed by atoms with E-state index in [2.05, 4.69) is 11.9 Å². The fourth-order valence-electron chi connectivity index (χ4n) is 3.80. The number of nitrogens with one attached hydrogen (secondary N) is 1. The van der Waals surface area contributed by atoms with Crippen LogP contribution in [0.5, 0.6) is 11.5 Å². The Labute approximate surface area is 203 Å². The Morgan fingerprint density at radius 1 is 1.03 bits per heavy atom. The number of rotatable bonds is 9. The molecule has 1 N–H and O–H groups in total. The first-order valence-corrected chi connectivity index (χ1v) is 11.1. The Morgan fingerprint density at radius 3 is 2.49 bits per heavy atom. The standard InChI is InChI=1S/C28H25FN2O4/c1-3-9-21-14-20(16-25(34-2)26(21)35-18-19-10-5-4-6-11-19)15-24-27(32)31(28(33)30-24)17-22-12-7-8-13-23(22)29/h3-8,10-16H,1,9,17-18H2,2H3,(H,30,33). The smallest absolute Gasteiger partial charge is 0.329 e. The quantitative estimate of drug-likeness (QED) is 0.263. The molecule has 0 radical (unpaired) electrons. The highest BCUT2D eigenvalue weighted by atomic mass is 19.1. The number of methoxy groups -OCH3 is 1. The van der Waals surface area contributed by atoms with Gasteiger partial charge in [-0.1, -0.05) is 54.6 Å². The highest BCUT2D eigenvalue weighted by Gasteiger charge is 2.34. The van der Waals surface area contributed by atoms with Gasteiger partial charge >= 0.3 is 6.03 Å². The van der Waals surface area contributed by atoms with E-state index < -0.39 is 17.8 Å². The summed E-state index contributed by atoms with van der Waals surface area (Å²) >= 11 is 0. The van der Waals surface area contributed by atoms with Crippen molar-refractivity contribution in [3.8, 4) is 11.5 Å². The summed E-state index contributed by atoms with van der Waals surface area (Å²) in [5.74, 6) is 0.0656. The predicted molar refractivity (Wildman–Crippen MR) is 131 cm³/mol. The van der Waals surface area contributed by atoms with Crippen LogP contribution < -0.4 is 14.8 Å². The Kier molecular flexibility index (Phi) is 7.26. The number of carbonyl (C=O) groups excluding carboxylic acids is 2. The van der Waals surface area contributed by atoms with Gasteiger partial charge in [-0.3, -0.25) is 9.69 Å². The number of urea groups is 1. The molecule has 0 aromatic heterocycles. The van der Waals surface area contributed by atoms with Crippen molar-refractivity contribution in [2.75, 3.05) is 7.11 Å². The third-order valence-electron chi connectivity index (χ3n) is 5.52. The summed E-state index contributed by atoms with van der Waals surface area (Å²) in [6.07, 6.45) is 3.83. The van der Waals surface area contributed by atoms with Crippen LogP contribution in [0.15, 0.2) is 85.1 Å². The van der Waals surface area contributed by atoms with Crippen LogP contribution >= 0.6 is 0 Å². The van der Waals surface area contributed by atoms with Gasteiger partial charge in [0.1, 0.15) is 18.1 Å². The van der Waals surface area contributed by atoms with Crippen LogP contribution in [-0.4, -0.2) is 23.9 Å². The molecule has 4 rings (SSSR count). The van der Waals surface area contributed by atoms with Gasteiger partial charge in [-0.2, -0.15) is 0 Å². The summed E-state index contributed by atoms with van der Waals surface area (Å²) < 4.78 is 25.7. The molecule has 7 heteroatoms. The molecular weight excluding hydrogens is 447 g/mol. The van der Waals surface area contributed by atoms with Crippen LogP contribution in [0, 0.1) is 5.82 Å². The summed E-state index contributed by atoms with van der Waals surface area (Å²) in [6, 6.07) is 18.8. The third-order valence-corrected chi connectivity index (χ3v) is 5.52. The zero-order valence-corrected chi connectivity index (χ0v) is 19.3. The van der Waals surface area contributed by atoms with E-state index in [1.165, 1.54) is 19.2 Å². The minimum atomic E-state index is -0.606. The normalized spacial score (nSPS) is 14.2. The predicted octanol–water partition coefficient (Wildman–Crippen LogP) is 5.23. The van der Waals surface area contributed by atoms with Crippen molar-refractivity contribution in [1.82, 2.24) is 10.2 Å². The summed E-state index contributed by atoms with van der Waals surface area (Å²) in [5.41, 5.74) is 2.83. The van der Waals surface area contributed by atoms with Gasteiger partial charge in [-0.25, -0.2) is 9.18 Å². The molecule has 0 unspecified atom stereocenters. The van der Waals surface area contributed by atoms with Crippen molar-refractivity contribution >= 4 is 18.0 Å². The van der Waals surface area contributed by atoms with Crippen molar-refractivity contribution in [1.29, 1.82) is 0 Å². The summed E-state index contributed by atoms with van der Waals surface area (Å²) in [7, 11) is 1.54. The molecule has 0 atom stereocenters. The van der Waals surface area contributed by atoms with E-state index in [1.807, 2.05) is 36.4 Å². The lowest BCUT2D eigenvalue weighted by Crippen LogP contribution is -2.30. The second kappa shape index (κ2) is 10.7. The van der Waals surface area contributed by atoms with Crippen LogP contribution in [0.25, 0.3) is 6.08 Å². The molecular formula is C28H25FN2O4. The first-order valence-electron chi connectivity index (χ1n) is 11.1. The molecule has 1 fully saturated rings. The van der Waals surface area contributed by atoms with E-state index >= 15 is 0 Å². The lowest BCUT2D eigenvalue weighted by molar-refractivity contribution is -0.123. The number of carbonyl (C=O) groups is 2. The van der Waals surface area contributed by atoms with Crippen molar-refractivity contribution in [2.24, 2.45) is 0 Å². The van der Waals surface area contributed by atoms with Gasteiger partial charge in [-0.15, -0.1) is 6.58 Å². The molecule has 1 saturated heterocycles. The number of halogens is 1. The lowest BCUT2D eigenvalue weighted by Gasteiger charge is -2.16. The van der Waals surface area contributed by atoms with Gasteiger partial charge in [0.15, 0.2) is 11.5 Å². The van der Waals surface area contributed by atoms with Crippen molar-refractivity contribution < 1.29 is 23.5 Å². The molecule has 1 heterocycles. The summed E-state index contributed by atoms with van der Waals surface area (Å²) in [4.78, 5) is 26.3. The Bertz CT molecular complexity index is 1290. The summed E-state index contributed by atoms with van der Waals surface area (Å²) in [6.45, 7) is 4.02. The molecule has 6 nitrogen and oxygen atoms in total. The fourth-order valence-corrected chi connectivity index (χ4v) is 3.80. The number of hydrogen-bond acceptors (Lipinski definition) is 4. The van der Waals surface area contributed by atoms with Gasteiger partial charge < -0.3 is 14.8 Å². The van der Waals surface area contributed by atoms with Crippen LogP contribution in [0.3, 0.4) is 0 Å². The zero-order valence-electron chi connectivity index (χ0n) is 19.3. The first-order chi connectivity index (χ1) is 17.0. The minimum absolute atomic E-state index is 0.0934. The number of hydrogen-bond donors (Lipinski definition) is 1. The Morgan fingerprint density at radius 2 is 1.77 bits per heavy atom. The van der Waals surface area contributed by atoms with Crippen LogP contribution in [0.1, 0.15) is 22.3 Å². The molecule has 178 valence electrons. The van der Waals surface area contributed by atoms with E-state index in [4.69, 9.17) is 9.47 Å². The van der Waals surface area contributed by atoms with Crippen molar-refractivity contribution in [3.05, 3.63) is 113 Å². The topological polar surface area (TPSA) is 67.9 Å². The molecule has 1 aliphatic rings. The van der Waals surface area contributed by atoms with Crippen molar-refractivity contribution in [3.63, 3.8) is 0 Å². The molecule has 0 spiro atoms. The molecule has 3 amide bonds. The molecule has 0 aliphatic carbocycles. The van der Waals surface area contributed by atoms with Gasteiger partial charge in [0, 0.05) is 11.1 Å². The maximum absolute atomic E-state index is 14.0. The number of amides is 3. The molecule has 35 heavy (non-hydrogen) atoms. The monoisotopic (exact) mass is 472 g/mol. The number of nitrogens with zero attached hydrogens (tertiary/aromatic N) is 1. The van der Waals surface area contributed by atoms with Crippen LogP contribution in [-0.2, 0) is 24.4 Å². The van der Waals surface area contributed by atoms with Gasteiger partial charge in [0.25, 0.3) is 5.91 Å². The minimum Gasteiger partial charge on any atom is -0.493 e. The first kappa shape index (κ1) is 23.8. The van der Waals surface area contributed by atoms with E-state index in [0.717, 1.165) is 16.0 Å². The highest BCUT2D eigenvalue weighted by Crippen LogP contribution is 2.35. The SMILES string of the molecule is C=CCc1cc(C=C2NC(=O)N(Cc3ccccc3F)C2=O)cc(OC)c1OCc1ccccc1. The number of allylic oxidation sites excluding steroid dienone is 1. The lowest BCUT2D eigenvalue weighted by atomic mass is 10.0. The number of imide groups is 1. The van der Waals surface area contributed by atoms with Gasteiger partial charge in [0.2, 0.25) is 0 Å². The molecule has 0 saturated carbocycles. The second-order valence-electron chi connectivity index (χ2n) is 7.95. The highest BCUT2D eigenvalue weighted by molar-refractivity contribution is 6.13. The number of ether oxygens (including phenoxy) is 2. The average Bonchev–Trinajstić information content (AvgIpc) is 3.12. The van der Waals surface area contributed by atoms with Crippen LogP contribution in [0.2, 0.25) is 0 Å². The van der Waals surface area contributed by atoms with E-state index in [-0.39, 0.29) is 17.8 Å². The number of benzene rings is 3. The Hall–Kier alpha value is -4.39. The molecule has 0 bridgehead atoms. The molecule has 1 aliphatic heterocycles.